The number of ether oxygens (including phenoxy) is 1. The summed E-state index contributed by atoms with van der Waals surface area (Å²) in [7, 11) is 1.77. The molecular formula is C17H21NO. The number of methoxy groups -OCH3 is 1. The van der Waals surface area contributed by atoms with Crippen molar-refractivity contribution in [3.63, 3.8) is 0 Å². The van der Waals surface area contributed by atoms with Gasteiger partial charge < -0.3 is 10.5 Å². The molecule has 0 amide bonds. The highest BCUT2D eigenvalue weighted by Crippen LogP contribution is 2.42. The van der Waals surface area contributed by atoms with Crippen LogP contribution in [0, 0.1) is 0 Å². The summed E-state index contributed by atoms with van der Waals surface area (Å²) in [5.41, 5.74) is 13.0. The standard InChI is InChI=1S/C17H21NO/c1-19-16-10-8-13-4-2-6-14-12(5-3-11-18)7-9-15(16)17(13)14/h2,6,8,10H,3-5,7,9,11,18H2,1H3. The van der Waals surface area contributed by atoms with Gasteiger partial charge in [0.1, 0.15) is 5.75 Å². The third-order valence-electron chi connectivity index (χ3n) is 4.21. The Hall–Kier alpha value is -1.54. The Morgan fingerprint density at radius 2 is 2.16 bits per heavy atom. The second-order valence-electron chi connectivity index (χ2n) is 5.30. The van der Waals surface area contributed by atoms with Crippen molar-refractivity contribution < 1.29 is 4.74 Å². The van der Waals surface area contributed by atoms with E-state index in [-0.39, 0.29) is 0 Å². The lowest BCUT2D eigenvalue weighted by molar-refractivity contribution is 0.408. The van der Waals surface area contributed by atoms with Gasteiger partial charge in [0, 0.05) is 5.56 Å². The first-order chi connectivity index (χ1) is 9.35. The van der Waals surface area contributed by atoms with Gasteiger partial charge in [0.15, 0.2) is 0 Å². The highest BCUT2D eigenvalue weighted by atomic mass is 16.5. The minimum absolute atomic E-state index is 0.776. The summed E-state index contributed by atoms with van der Waals surface area (Å²) < 4.78 is 5.53. The molecule has 0 radical (unpaired) electrons. The predicted molar refractivity (Wildman–Crippen MR) is 79.4 cm³/mol. The molecule has 0 aliphatic heterocycles. The Bertz CT molecular complexity index is 555. The van der Waals surface area contributed by atoms with E-state index in [1.54, 1.807) is 12.7 Å². The average Bonchev–Trinajstić information content (AvgIpc) is 2.47. The zero-order valence-corrected chi connectivity index (χ0v) is 11.5. The van der Waals surface area contributed by atoms with Crippen LogP contribution in [0.15, 0.2) is 29.9 Å². The van der Waals surface area contributed by atoms with Crippen LogP contribution in [-0.4, -0.2) is 13.7 Å². The van der Waals surface area contributed by atoms with Gasteiger partial charge in [-0.3, -0.25) is 0 Å². The lowest BCUT2D eigenvalue weighted by Gasteiger charge is -2.28. The number of benzene rings is 1. The normalized spacial score (nSPS) is 16.5. The quantitative estimate of drug-likeness (QED) is 0.896. The number of allylic oxidation sites excluding steroid dienone is 4. The van der Waals surface area contributed by atoms with Crippen LogP contribution in [0.25, 0.3) is 5.57 Å². The van der Waals surface area contributed by atoms with Crippen molar-refractivity contribution in [3.8, 4) is 5.75 Å². The monoisotopic (exact) mass is 255 g/mol. The summed E-state index contributed by atoms with van der Waals surface area (Å²) >= 11 is 0. The minimum atomic E-state index is 0.776. The lowest BCUT2D eigenvalue weighted by Crippen LogP contribution is -2.12. The van der Waals surface area contributed by atoms with Gasteiger partial charge in [0.25, 0.3) is 0 Å². The zero-order valence-electron chi connectivity index (χ0n) is 11.5. The third kappa shape index (κ3) is 2.10. The lowest BCUT2D eigenvalue weighted by atomic mass is 9.78. The van der Waals surface area contributed by atoms with Gasteiger partial charge in [-0.1, -0.05) is 23.8 Å². The Balaban J connectivity index is 2.11. The molecule has 0 bridgehead atoms. The molecule has 0 fully saturated rings. The maximum Gasteiger partial charge on any atom is 0.122 e. The minimum Gasteiger partial charge on any atom is -0.496 e. The molecule has 3 rings (SSSR count). The van der Waals surface area contributed by atoms with Crippen LogP contribution >= 0.6 is 0 Å². The first-order valence-corrected chi connectivity index (χ1v) is 7.13. The van der Waals surface area contributed by atoms with E-state index in [9.17, 15) is 0 Å². The van der Waals surface area contributed by atoms with Crippen LogP contribution in [0.5, 0.6) is 5.75 Å². The molecule has 0 atom stereocenters. The van der Waals surface area contributed by atoms with Gasteiger partial charge in [0.05, 0.1) is 7.11 Å². The molecule has 0 heterocycles. The fourth-order valence-corrected chi connectivity index (χ4v) is 3.29. The first-order valence-electron chi connectivity index (χ1n) is 7.13. The van der Waals surface area contributed by atoms with E-state index < -0.39 is 0 Å². The van der Waals surface area contributed by atoms with E-state index in [2.05, 4.69) is 24.3 Å². The summed E-state index contributed by atoms with van der Waals surface area (Å²) in [5, 5.41) is 0. The maximum atomic E-state index is 5.66. The molecule has 19 heavy (non-hydrogen) atoms. The summed E-state index contributed by atoms with van der Waals surface area (Å²) in [4.78, 5) is 0. The van der Waals surface area contributed by atoms with Crippen molar-refractivity contribution in [1.82, 2.24) is 0 Å². The fourth-order valence-electron chi connectivity index (χ4n) is 3.29. The second-order valence-corrected chi connectivity index (χ2v) is 5.30. The molecule has 2 N–H and O–H groups in total. The van der Waals surface area contributed by atoms with Crippen LogP contribution in [0.2, 0.25) is 0 Å². The van der Waals surface area contributed by atoms with Crippen LogP contribution < -0.4 is 10.5 Å². The molecule has 2 aliphatic carbocycles. The Kier molecular flexibility index (Phi) is 3.43. The van der Waals surface area contributed by atoms with E-state index in [1.807, 2.05) is 0 Å². The Labute approximate surface area is 115 Å². The van der Waals surface area contributed by atoms with Gasteiger partial charge >= 0.3 is 0 Å². The van der Waals surface area contributed by atoms with Crippen molar-refractivity contribution in [1.29, 1.82) is 0 Å². The van der Waals surface area contributed by atoms with E-state index >= 15 is 0 Å². The molecule has 100 valence electrons. The number of nitrogens with two attached hydrogens (primary N) is 1. The molecule has 0 aromatic heterocycles. The Morgan fingerprint density at radius 1 is 1.26 bits per heavy atom. The van der Waals surface area contributed by atoms with E-state index in [0.29, 0.717) is 0 Å². The largest absolute Gasteiger partial charge is 0.496 e. The smallest absolute Gasteiger partial charge is 0.122 e. The highest BCUT2D eigenvalue weighted by Gasteiger charge is 2.24. The highest BCUT2D eigenvalue weighted by molar-refractivity contribution is 5.85. The van der Waals surface area contributed by atoms with Crippen molar-refractivity contribution >= 4 is 5.57 Å². The van der Waals surface area contributed by atoms with Crippen LogP contribution in [-0.2, 0) is 12.8 Å². The van der Waals surface area contributed by atoms with Gasteiger partial charge in [0.2, 0.25) is 0 Å². The molecule has 0 unspecified atom stereocenters. The molecule has 0 saturated heterocycles. The van der Waals surface area contributed by atoms with Crippen molar-refractivity contribution in [2.24, 2.45) is 5.73 Å². The number of hydrogen-bond donors (Lipinski definition) is 1. The second kappa shape index (κ2) is 5.22. The summed E-state index contributed by atoms with van der Waals surface area (Å²) in [6.45, 7) is 0.776. The number of hydrogen-bond acceptors (Lipinski definition) is 2. The SMILES string of the molecule is COc1ccc2c3c1CCC(CCCN)=C3C=CC2. The maximum absolute atomic E-state index is 5.66. The fraction of sp³-hybridized carbons (Fsp3) is 0.412. The zero-order chi connectivity index (χ0) is 13.2. The first kappa shape index (κ1) is 12.5. The van der Waals surface area contributed by atoms with Gasteiger partial charge in [-0.25, -0.2) is 0 Å². The summed E-state index contributed by atoms with van der Waals surface area (Å²) in [6.07, 6.45) is 10.1. The van der Waals surface area contributed by atoms with Crippen molar-refractivity contribution in [3.05, 3.63) is 46.5 Å². The molecular weight excluding hydrogens is 234 g/mol. The van der Waals surface area contributed by atoms with Crippen molar-refractivity contribution in [2.75, 3.05) is 13.7 Å². The van der Waals surface area contributed by atoms with Crippen LogP contribution in [0.3, 0.4) is 0 Å². The topological polar surface area (TPSA) is 35.2 Å². The van der Waals surface area contributed by atoms with E-state index in [0.717, 1.165) is 44.4 Å². The average molecular weight is 255 g/mol. The Morgan fingerprint density at radius 3 is 2.95 bits per heavy atom. The molecule has 2 aliphatic rings. The van der Waals surface area contributed by atoms with Gasteiger partial charge in [-0.05, 0) is 61.4 Å². The number of rotatable bonds is 4. The van der Waals surface area contributed by atoms with Gasteiger partial charge in [-0.2, -0.15) is 0 Å². The van der Waals surface area contributed by atoms with Gasteiger partial charge in [-0.15, -0.1) is 0 Å². The predicted octanol–water partition coefficient (Wildman–Crippen LogP) is 3.25. The van der Waals surface area contributed by atoms with E-state index in [4.69, 9.17) is 10.5 Å². The molecule has 2 nitrogen and oxygen atoms in total. The summed E-state index contributed by atoms with van der Waals surface area (Å²) in [5.74, 6) is 1.05. The molecule has 1 aromatic rings. The molecule has 2 heteroatoms. The molecule has 1 aromatic carbocycles. The third-order valence-corrected chi connectivity index (χ3v) is 4.21. The summed E-state index contributed by atoms with van der Waals surface area (Å²) in [6, 6.07) is 4.34. The van der Waals surface area contributed by atoms with Crippen LogP contribution in [0.1, 0.15) is 36.0 Å². The molecule has 0 saturated carbocycles. The van der Waals surface area contributed by atoms with Crippen molar-refractivity contribution in [2.45, 2.75) is 32.1 Å². The van der Waals surface area contributed by atoms with Crippen LogP contribution in [0.4, 0.5) is 0 Å². The molecule has 0 spiro atoms. The van der Waals surface area contributed by atoms with E-state index in [1.165, 1.54) is 22.3 Å².